The molecule has 164 valence electrons. The first kappa shape index (κ1) is 20.7. The van der Waals surface area contributed by atoms with Gasteiger partial charge >= 0.3 is 0 Å². The zero-order chi connectivity index (χ0) is 22.1. The largest absolute Gasteiger partial charge is 0.495 e. The van der Waals surface area contributed by atoms with E-state index < -0.39 is 0 Å². The van der Waals surface area contributed by atoms with Gasteiger partial charge in [-0.05, 0) is 43.3 Å². The first-order valence-corrected chi connectivity index (χ1v) is 11.1. The summed E-state index contributed by atoms with van der Waals surface area (Å²) in [6.45, 7) is 7.63. The minimum Gasteiger partial charge on any atom is -0.495 e. The molecule has 1 saturated heterocycles. The van der Waals surface area contributed by atoms with Crippen LogP contribution in [0.25, 0.3) is 33.4 Å². The lowest BCUT2D eigenvalue weighted by atomic mass is 10.0. The van der Waals surface area contributed by atoms with Crippen LogP contribution in [-0.4, -0.2) is 65.1 Å². The molecule has 0 aliphatic carbocycles. The van der Waals surface area contributed by atoms with Gasteiger partial charge in [0.1, 0.15) is 11.4 Å². The minimum atomic E-state index is 0.752. The van der Waals surface area contributed by atoms with E-state index in [2.05, 4.69) is 64.1 Å². The van der Waals surface area contributed by atoms with Gasteiger partial charge in [0.05, 0.1) is 19.0 Å². The quantitative estimate of drug-likeness (QED) is 0.513. The summed E-state index contributed by atoms with van der Waals surface area (Å²) in [6, 6.07) is 15.0. The number of aromatic nitrogens is 3. The number of aryl methyl sites for hydroxylation is 1. The summed E-state index contributed by atoms with van der Waals surface area (Å²) >= 11 is 0. The highest BCUT2D eigenvalue weighted by Crippen LogP contribution is 2.33. The lowest BCUT2D eigenvalue weighted by molar-refractivity contribution is 0.148. The van der Waals surface area contributed by atoms with E-state index in [0.29, 0.717) is 0 Å². The number of H-pyrrole nitrogens is 1. The Kier molecular flexibility index (Phi) is 5.64. The van der Waals surface area contributed by atoms with E-state index in [1.165, 1.54) is 11.1 Å². The summed E-state index contributed by atoms with van der Waals surface area (Å²) in [5.74, 6) is 0.752. The average Bonchev–Trinajstić information content (AvgIpc) is 3.16. The van der Waals surface area contributed by atoms with Crippen molar-refractivity contribution in [3.63, 3.8) is 0 Å². The number of fused-ring (bicyclic) bond motifs is 1. The lowest BCUT2D eigenvalue weighted by Crippen LogP contribution is -2.43. The van der Waals surface area contributed by atoms with Crippen molar-refractivity contribution in [2.75, 3.05) is 40.3 Å². The van der Waals surface area contributed by atoms with Crippen LogP contribution in [0.15, 0.2) is 54.9 Å². The number of pyridine rings is 2. The van der Waals surface area contributed by atoms with Crippen molar-refractivity contribution >= 4 is 11.0 Å². The Hall–Kier alpha value is -3.22. The molecule has 1 N–H and O–H groups in total. The number of benzene rings is 1. The average molecular weight is 428 g/mol. The van der Waals surface area contributed by atoms with Crippen molar-refractivity contribution in [1.82, 2.24) is 24.8 Å². The second kappa shape index (κ2) is 8.73. The molecule has 1 aliphatic heterocycles. The number of piperazine rings is 1. The van der Waals surface area contributed by atoms with E-state index in [1.807, 2.05) is 18.3 Å². The molecule has 1 aliphatic rings. The first-order chi connectivity index (χ1) is 15.6. The van der Waals surface area contributed by atoms with Crippen LogP contribution in [0.2, 0.25) is 0 Å². The number of nitrogens with one attached hydrogen (secondary N) is 1. The molecule has 0 unspecified atom stereocenters. The maximum atomic E-state index is 5.26. The van der Waals surface area contributed by atoms with Crippen molar-refractivity contribution in [3.8, 4) is 28.1 Å². The molecule has 0 bridgehead atoms. The molecule has 3 aromatic heterocycles. The standard InChI is InChI=1S/C26H29N5O/c1-18-25(24-9-8-22(32-3)16-27-24)23-14-21(15-28-26(23)29-18)20-6-4-19(5-7-20)17-31-12-10-30(2)11-13-31/h4-9,14-16H,10-13,17H2,1-3H3,(H,28,29). The predicted molar refractivity (Wildman–Crippen MR) is 129 cm³/mol. The molecule has 4 aromatic rings. The van der Waals surface area contributed by atoms with Crippen LogP contribution in [0.4, 0.5) is 0 Å². The Labute approximate surface area is 188 Å². The van der Waals surface area contributed by atoms with Crippen LogP contribution >= 0.6 is 0 Å². The highest BCUT2D eigenvalue weighted by atomic mass is 16.5. The summed E-state index contributed by atoms with van der Waals surface area (Å²) in [4.78, 5) is 17.6. The molecule has 6 nitrogen and oxygen atoms in total. The number of hydrogen-bond donors (Lipinski definition) is 1. The van der Waals surface area contributed by atoms with Crippen LogP contribution in [0.1, 0.15) is 11.3 Å². The molecule has 1 aromatic carbocycles. The van der Waals surface area contributed by atoms with Crippen molar-refractivity contribution in [3.05, 3.63) is 66.1 Å². The van der Waals surface area contributed by atoms with Crippen LogP contribution in [0, 0.1) is 6.92 Å². The molecular formula is C26H29N5O. The second-order valence-electron chi connectivity index (χ2n) is 8.60. The van der Waals surface area contributed by atoms with Gasteiger partial charge in [-0.3, -0.25) is 9.88 Å². The maximum absolute atomic E-state index is 5.26. The Balaban J connectivity index is 1.42. The van der Waals surface area contributed by atoms with Crippen molar-refractivity contribution in [1.29, 1.82) is 0 Å². The molecule has 0 amide bonds. The SMILES string of the molecule is COc1ccc(-c2c(C)[nH]c3ncc(-c4ccc(CN5CCN(C)CC5)cc4)cc23)nc1. The summed E-state index contributed by atoms with van der Waals surface area (Å²) < 4.78 is 5.26. The van der Waals surface area contributed by atoms with Gasteiger partial charge in [-0.1, -0.05) is 24.3 Å². The minimum absolute atomic E-state index is 0.752. The number of methoxy groups -OCH3 is 1. The summed E-state index contributed by atoms with van der Waals surface area (Å²) in [6.07, 6.45) is 3.70. The molecular weight excluding hydrogens is 398 g/mol. The van der Waals surface area contributed by atoms with Gasteiger partial charge in [-0.2, -0.15) is 0 Å². The topological polar surface area (TPSA) is 57.3 Å². The van der Waals surface area contributed by atoms with Gasteiger partial charge < -0.3 is 14.6 Å². The lowest BCUT2D eigenvalue weighted by Gasteiger charge is -2.32. The highest BCUT2D eigenvalue weighted by Gasteiger charge is 2.15. The van der Waals surface area contributed by atoms with Crippen molar-refractivity contribution < 1.29 is 4.74 Å². The van der Waals surface area contributed by atoms with Gasteiger partial charge in [0.2, 0.25) is 0 Å². The molecule has 0 radical (unpaired) electrons. The second-order valence-corrected chi connectivity index (χ2v) is 8.60. The van der Waals surface area contributed by atoms with Gasteiger partial charge in [-0.15, -0.1) is 0 Å². The number of rotatable bonds is 5. The molecule has 0 atom stereocenters. The molecule has 0 spiro atoms. The van der Waals surface area contributed by atoms with E-state index in [-0.39, 0.29) is 0 Å². The smallest absolute Gasteiger partial charge is 0.138 e. The van der Waals surface area contributed by atoms with E-state index >= 15 is 0 Å². The Morgan fingerprint density at radius 2 is 1.72 bits per heavy atom. The Morgan fingerprint density at radius 1 is 0.938 bits per heavy atom. The summed E-state index contributed by atoms with van der Waals surface area (Å²) in [5.41, 5.74) is 7.58. The predicted octanol–water partition coefficient (Wildman–Crippen LogP) is 4.36. The molecule has 6 heteroatoms. The van der Waals surface area contributed by atoms with Gasteiger partial charge in [0, 0.05) is 61.1 Å². The maximum Gasteiger partial charge on any atom is 0.138 e. The number of aromatic amines is 1. The third-order valence-corrected chi connectivity index (χ3v) is 6.36. The van der Waals surface area contributed by atoms with Crippen LogP contribution in [0.3, 0.4) is 0 Å². The van der Waals surface area contributed by atoms with Gasteiger partial charge in [0.25, 0.3) is 0 Å². The number of ether oxygens (including phenoxy) is 1. The number of nitrogens with zero attached hydrogens (tertiary/aromatic N) is 4. The number of likely N-dealkylation sites (N-methyl/N-ethyl adjacent to an activating group) is 1. The van der Waals surface area contributed by atoms with E-state index in [1.54, 1.807) is 13.3 Å². The Morgan fingerprint density at radius 3 is 2.41 bits per heavy atom. The first-order valence-electron chi connectivity index (χ1n) is 11.1. The monoisotopic (exact) mass is 427 g/mol. The normalized spacial score (nSPS) is 15.3. The number of hydrogen-bond acceptors (Lipinski definition) is 5. The Bertz CT molecular complexity index is 1210. The zero-order valence-corrected chi connectivity index (χ0v) is 18.9. The third-order valence-electron chi connectivity index (χ3n) is 6.36. The fourth-order valence-corrected chi connectivity index (χ4v) is 4.40. The van der Waals surface area contributed by atoms with Crippen molar-refractivity contribution in [2.45, 2.75) is 13.5 Å². The summed E-state index contributed by atoms with van der Waals surface area (Å²) in [7, 11) is 3.85. The highest BCUT2D eigenvalue weighted by molar-refractivity contribution is 5.96. The van der Waals surface area contributed by atoms with Crippen molar-refractivity contribution in [2.24, 2.45) is 0 Å². The van der Waals surface area contributed by atoms with Crippen LogP contribution in [-0.2, 0) is 6.54 Å². The van der Waals surface area contributed by atoms with E-state index in [4.69, 9.17) is 9.72 Å². The van der Waals surface area contributed by atoms with E-state index in [9.17, 15) is 0 Å². The van der Waals surface area contributed by atoms with Gasteiger partial charge in [-0.25, -0.2) is 4.98 Å². The van der Waals surface area contributed by atoms with Crippen LogP contribution < -0.4 is 4.74 Å². The fourth-order valence-electron chi connectivity index (χ4n) is 4.40. The molecule has 1 fully saturated rings. The molecule has 5 rings (SSSR count). The summed E-state index contributed by atoms with van der Waals surface area (Å²) in [5, 5.41) is 1.08. The third kappa shape index (κ3) is 4.11. The zero-order valence-electron chi connectivity index (χ0n) is 18.9. The molecule has 32 heavy (non-hydrogen) atoms. The van der Waals surface area contributed by atoms with E-state index in [0.717, 1.165) is 72.0 Å². The fraction of sp³-hybridized carbons (Fsp3) is 0.308. The van der Waals surface area contributed by atoms with Gasteiger partial charge in [0.15, 0.2) is 0 Å². The molecule has 4 heterocycles. The molecule has 0 saturated carbocycles. The van der Waals surface area contributed by atoms with Crippen LogP contribution in [0.5, 0.6) is 5.75 Å².